The van der Waals surface area contributed by atoms with Crippen LogP contribution in [0.1, 0.15) is 10.6 Å². The molecule has 0 saturated carbocycles. The van der Waals surface area contributed by atoms with Crippen LogP contribution in [0.25, 0.3) is 0 Å². The molecule has 2 amide bonds. The van der Waals surface area contributed by atoms with Crippen molar-refractivity contribution in [1.82, 2.24) is 9.80 Å². The topological polar surface area (TPSA) is 108 Å². The molecule has 1 aliphatic heterocycles. The summed E-state index contributed by atoms with van der Waals surface area (Å²) in [5, 5.41) is 12.1. The number of nitriles is 1. The molecule has 1 aromatic heterocycles. The van der Waals surface area contributed by atoms with Gasteiger partial charge in [0.25, 0.3) is 11.8 Å². The number of rotatable bonds is 6. The number of amides is 2. The standard InChI is InChI=1S/C21H22N4O5/c1-28-17-6-5-16(12-19(17)29-2)23-20(26)15(13-22)14-24-7-9-25(10-8-24)21(27)18-4-3-11-30-18/h3-6,11-12,14H,7-10H2,1-2H3,(H,23,26)/b15-14-. The highest BCUT2D eigenvalue weighted by molar-refractivity contribution is 6.06. The van der Waals surface area contributed by atoms with Crippen LogP contribution >= 0.6 is 0 Å². The number of hydrogen-bond acceptors (Lipinski definition) is 7. The Hall–Kier alpha value is -3.93. The fourth-order valence-corrected chi connectivity index (χ4v) is 3.04. The van der Waals surface area contributed by atoms with Crippen LogP contribution in [-0.4, -0.2) is 62.0 Å². The molecule has 156 valence electrons. The van der Waals surface area contributed by atoms with Crippen molar-refractivity contribution >= 4 is 17.5 Å². The lowest BCUT2D eigenvalue weighted by molar-refractivity contribution is -0.112. The van der Waals surface area contributed by atoms with Crippen LogP contribution in [0.4, 0.5) is 5.69 Å². The van der Waals surface area contributed by atoms with Gasteiger partial charge >= 0.3 is 0 Å². The molecule has 1 N–H and O–H groups in total. The number of hydrogen-bond donors (Lipinski definition) is 1. The van der Waals surface area contributed by atoms with E-state index >= 15 is 0 Å². The van der Waals surface area contributed by atoms with Gasteiger partial charge in [-0.25, -0.2) is 0 Å². The molecule has 2 aromatic rings. The van der Waals surface area contributed by atoms with Crippen LogP contribution < -0.4 is 14.8 Å². The van der Waals surface area contributed by atoms with Gasteiger partial charge < -0.3 is 29.0 Å². The van der Waals surface area contributed by atoms with Crippen molar-refractivity contribution in [2.75, 3.05) is 45.7 Å². The van der Waals surface area contributed by atoms with Gasteiger partial charge in [-0.05, 0) is 24.3 Å². The van der Waals surface area contributed by atoms with Crippen molar-refractivity contribution in [2.45, 2.75) is 0 Å². The molecule has 2 heterocycles. The molecule has 0 unspecified atom stereocenters. The Labute approximate surface area is 174 Å². The number of anilines is 1. The highest BCUT2D eigenvalue weighted by Gasteiger charge is 2.23. The van der Waals surface area contributed by atoms with Gasteiger partial charge in [0.05, 0.1) is 20.5 Å². The Kier molecular flexibility index (Phi) is 6.60. The van der Waals surface area contributed by atoms with Crippen molar-refractivity contribution in [2.24, 2.45) is 0 Å². The average Bonchev–Trinajstić information content (AvgIpc) is 3.32. The zero-order chi connectivity index (χ0) is 21.5. The quantitative estimate of drug-likeness (QED) is 0.574. The molecule has 9 heteroatoms. The van der Waals surface area contributed by atoms with Crippen molar-refractivity contribution < 1.29 is 23.5 Å². The van der Waals surface area contributed by atoms with E-state index in [0.29, 0.717) is 49.1 Å². The molecule has 1 aliphatic rings. The summed E-state index contributed by atoms with van der Waals surface area (Å²) in [6.07, 6.45) is 2.98. The first-order valence-electron chi connectivity index (χ1n) is 9.28. The highest BCUT2D eigenvalue weighted by Crippen LogP contribution is 2.29. The lowest BCUT2D eigenvalue weighted by Crippen LogP contribution is -2.47. The number of piperazine rings is 1. The van der Waals surface area contributed by atoms with Crippen molar-refractivity contribution in [3.63, 3.8) is 0 Å². The summed E-state index contributed by atoms with van der Waals surface area (Å²) in [4.78, 5) is 28.4. The number of carbonyl (C=O) groups is 2. The first-order chi connectivity index (χ1) is 14.5. The molecule has 1 saturated heterocycles. The van der Waals surface area contributed by atoms with Gasteiger partial charge in [0, 0.05) is 44.1 Å². The maximum Gasteiger partial charge on any atom is 0.289 e. The Morgan fingerprint density at radius 2 is 1.87 bits per heavy atom. The van der Waals surface area contributed by atoms with Gasteiger partial charge in [-0.3, -0.25) is 9.59 Å². The van der Waals surface area contributed by atoms with Crippen LogP contribution in [0.2, 0.25) is 0 Å². The zero-order valence-corrected chi connectivity index (χ0v) is 16.8. The molecular formula is C21H22N4O5. The van der Waals surface area contributed by atoms with E-state index in [-0.39, 0.29) is 11.5 Å². The Morgan fingerprint density at radius 3 is 2.47 bits per heavy atom. The number of nitrogens with one attached hydrogen (secondary N) is 1. The summed E-state index contributed by atoms with van der Waals surface area (Å²) in [6, 6.07) is 10.2. The lowest BCUT2D eigenvalue weighted by atomic mass is 10.2. The van der Waals surface area contributed by atoms with E-state index in [1.54, 1.807) is 35.2 Å². The number of benzene rings is 1. The fourth-order valence-electron chi connectivity index (χ4n) is 3.04. The van der Waals surface area contributed by atoms with Gasteiger partial charge in [-0.1, -0.05) is 0 Å². The van der Waals surface area contributed by atoms with Crippen molar-refractivity contribution in [3.05, 3.63) is 54.1 Å². The summed E-state index contributed by atoms with van der Waals surface area (Å²) in [5.74, 6) is 0.601. The maximum atomic E-state index is 12.5. The molecule has 1 fully saturated rings. The van der Waals surface area contributed by atoms with Crippen LogP contribution in [0, 0.1) is 11.3 Å². The van der Waals surface area contributed by atoms with E-state index < -0.39 is 5.91 Å². The third kappa shape index (κ3) is 4.72. The van der Waals surface area contributed by atoms with Gasteiger partial charge in [0.15, 0.2) is 17.3 Å². The second kappa shape index (κ2) is 9.52. The predicted octanol–water partition coefficient (Wildman–Crippen LogP) is 2.10. The number of carbonyl (C=O) groups excluding carboxylic acids is 2. The van der Waals surface area contributed by atoms with E-state index in [4.69, 9.17) is 13.9 Å². The molecule has 1 aromatic carbocycles. The van der Waals surface area contributed by atoms with Crippen molar-refractivity contribution in [1.29, 1.82) is 5.26 Å². The van der Waals surface area contributed by atoms with Gasteiger partial charge in [-0.15, -0.1) is 0 Å². The predicted molar refractivity (Wildman–Crippen MR) is 108 cm³/mol. The van der Waals surface area contributed by atoms with E-state index in [1.807, 2.05) is 11.0 Å². The van der Waals surface area contributed by atoms with Gasteiger partial charge in [0.1, 0.15) is 11.6 Å². The molecule has 0 spiro atoms. The second-order valence-corrected chi connectivity index (χ2v) is 6.48. The largest absolute Gasteiger partial charge is 0.493 e. The molecule has 0 aliphatic carbocycles. The second-order valence-electron chi connectivity index (χ2n) is 6.48. The zero-order valence-electron chi connectivity index (χ0n) is 16.8. The molecule has 0 atom stereocenters. The average molecular weight is 410 g/mol. The number of ether oxygens (including phenoxy) is 2. The highest BCUT2D eigenvalue weighted by atomic mass is 16.5. The van der Waals surface area contributed by atoms with Crippen molar-refractivity contribution in [3.8, 4) is 17.6 Å². The summed E-state index contributed by atoms with van der Waals surface area (Å²) < 4.78 is 15.5. The molecular weight excluding hydrogens is 388 g/mol. The first kappa shape index (κ1) is 20.8. The third-order valence-electron chi connectivity index (χ3n) is 4.65. The molecule has 0 radical (unpaired) electrons. The van der Waals surface area contributed by atoms with Gasteiger partial charge in [0.2, 0.25) is 0 Å². The smallest absolute Gasteiger partial charge is 0.289 e. The minimum Gasteiger partial charge on any atom is -0.493 e. The Balaban J connectivity index is 1.61. The lowest BCUT2D eigenvalue weighted by Gasteiger charge is -2.33. The Bertz CT molecular complexity index is 970. The summed E-state index contributed by atoms with van der Waals surface area (Å²) in [5.41, 5.74) is 0.447. The number of furan rings is 1. The monoisotopic (exact) mass is 410 g/mol. The van der Waals surface area contributed by atoms with E-state index in [2.05, 4.69) is 5.32 Å². The molecule has 9 nitrogen and oxygen atoms in total. The number of methoxy groups -OCH3 is 2. The third-order valence-corrected chi connectivity index (χ3v) is 4.65. The number of nitrogens with zero attached hydrogens (tertiary/aromatic N) is 3. The van der Waals surface area contributed by atoms with E-state index in [1.165, 1.54) is 26.7 Å². The minimum absolute atomic E-state index is 0.0319. The Morgan fingerprint density at radius 1 is 1.13 bits per heavy atom. The van der Waals surface area contributed by atoms with E-state index in [9.17, 15) is 14.9 Å². The van der Waals surface area contributed by atoms with Crippen LogP contribution in [0.5, 0.6) is 11.5 Å². The molecule has 3 rings (SSSR count). The summed E-state index contributed by atoms with van der Waals surface area (Å²) in [7, 11) is 3.02. The summed E-state index contributed by atoms with van der Waals surface area (Å²) in [6.45, 7) is 1.93. The van der Waals surface area contributed by atoms with E-state index in [0.717, 1.165) is 0 Å². The van der Waals surface area contributed by atoms with Gasteiger partial charge in [-0.2, -0.15) is 5.26 Å². The van der Waals surface area contributed by atoms with Crippen LogP contribution in [0.15, 0.2) is 52.8 Å². The minimum atomic E-state index is -0.529. The fraction of sp³-hybridized carbons (Fsp3) is 0.286. The first-order valence-corrected chi connectivity index (χ1v) is 9.28. The van der Waals surface area contributed by atoms with Crippen LogP contribution in [-0.2, 0) is 4.79 Å². The normalized spacial score (nSPS) is 14.1. The molecule has 30 heavy (non-hydrogen) atoms. The summed E-state index contributed by atoms with van der Waals surface area (Å²) >= 11 is 0. The van der Waals surface area contributed by atoms with Crippen LogP contribution in [0.3, 0.4) is 0 Å². The SMILES string of the molecule is COc1ccc(NC(=O)/C(C#N)=C\N2CCN(C(=O)c3ccco3)CC2)cc1OC. The molecule has 0 bridgehead atoms. The maximum absolute atomic E-state index is 12.5.